The predicted molar refractivity (Wildman–Crippen MR) is 64.7 cm³/mol. The molecular weight excluding hydrogens is 188 g/mol. The van der Waals surface area contributed by atoms with Crippen molar-refractivity contribution in [3.63, 3.8) is 0 Å². The maximum absolute atomic E-state index is 4.05. The molecule has 0 nitrogen and oxygen atoms in total. The van der Waals surface area contributed by atoms with Crippen molar-refractivity contribution >= 4 is 23.4 Å². The molecule has 2 rings (SSSR count). The van der Waals surface area contributed by atoms with Crippen LogP contribution in [0, 0.1) is 11.8 Å². The molecule has 0 radical (unpaired) electrons. The van der Waals surface area contributed by atoms with Crippen LogP contribution in [0.2, 0.25) is 0 Å². The van der Waals surface area contributed by atoms with E-state index in [9.17, 15) is 0 Å². The fraction of sp³-hybridized carbons (Fsp3) is 0.0769. The van der Waals surface area contributed by atoms with Crippen LogP contribution in [-0.4, -0.2) is 5.75 Å². The molecule has 0 bridgehead atoms. The molecule has 0 unspecified atom stereocenters. The van der Waals surface area contributed by atoms with Gasteiger partial charge >= 0.3 is 0 Å². The highest BCUT2D eigenvalue weighted by Crippen LogP contribution is 2.14. The molecule has 1 heteroatoms. The van der Waals surface area contributed by atoms with Gasteiger partial charge in [0, 0.05) is 5.56 Å². The number of hydrogen-bond acceptors (Lipinski definition) is 1. The monoisotopic (exact) mass is 198 g/mol. The van der Waals surface area contributed by atoms with E-state index >= 15 is 0 Å². The third-order valence-corrected chi connectivity index (χ3v) is 2.22. The Balaban J connectivity index is 2.51. The molecule has 2 aromatic carbocycles. The van der Waals surface area contributed by atoms with Crippen LogP contribution >= 0.6 is 12.6 Å². The molecule has 0 spiro atoms. The second kappa shape index (κ2) is 4.21. The zero-order valence-electron chi connectivity index (χ0n) is 7.70. The Hall–Kier alpha value is -1.39. The fourth-order valence-corrected chi connectivity index (χ4v) is 1.49. The average Bonchev–Trinajstić information content (AvgIpc) is 2.26. The van der Waals surface area contributed by atoms with E-state index in [0.717, 1.165) is 5.56 Å². The quantitative estimate of drug-likeness (QED) is 0.488. The van der Waals surface area contributed by atoms with Gasteiger partial charge in [-0.3, -0.25) is 0 Å². The second-order valence-corrected chi connectivity index (χ2v) is 3.34. The topological polar surface area (TPSA) is 0 Å². The van der Waals surface area contributed by atoms with E-state index in [0.29, 0.717) is 5.75 Å². The van der Waals surface area contributed by atoms with Gasteiger partial charge in [0.15, 0.2) is 0 Å². The number of fused-ring (bicyclic) bond motifs is 1. The Morgan fingerprint density at radius 2 is 1.79 bits per heavy atom. The Morgan fingerprint density at radius 3 is 2.57 bits per heavy atom. The highest BCUT2D eigenvalue weighted by molar-refractivity contribution is 7.80. The Bertz CT molecular complexity index is 503. The lowest BCUT2D eigenvalue weighted by molar-refractivity contribution is 1.69. The first-order valence-electron chi connectivity index (χ1n) is 4.49. The molecule has 0 amide bonds. The zero-order valence-corrected chi connectivity index (χ0v) is 8.59. The number of hydrogen-bond donors (Lipinski definition) is 1. The maximum Gasteiger partial charge on any atom is 0.0521 e. The molecule has 0 aliphatic carbocycles. The lowest BCUT2D eigenvalue weighted by Crippen LogP contribution is -1.76. The van der Waals surface area contributed by atoms with Crippen LogP contribution in [0.1, 0.15) is 5.56 Å². The Labute approximate surface area is 89.4 Å². The van der Waals surface area contributed by atoms with Crippen molar-refractivity contribution in [1.82, 2.24) is 0 Å². The van der Waals surface area contributed by atoms with Crippen molar-refractivity contribution in [2.24, 2.45) is 0 Å². The van der Waals surface area contributed by atoms with E-state index in [2.05, 4.69) is 48.7 Å². The number of benzene rings is 2. The van der Waals surface area contributed by atoms with Crippen LogP contribution in [0.3, 0.4) is 0 Å². The third kappa shape index (κ3) is 1.92. The normalized spacial score (nSPS) is 9.50. The molecule has 0 atom stereocenters. The predicted octanol–water partition coefficient (Wildman–Crippen LogP) is 3.12. The van der Waals surface area contributed by atoms with Gasteiger partial charge in [-0.15, -0.1) is 0 Å². The van der Waals surface area contributed by atoms with Crippen LogP contribution in [-0.2, 0) is 0 Å². The molecule has 0 N–H and O–H groups in total. The van der Waals surface area contributed by atoms with E-state index in [4.69, 9.17) is 0 Å². The van der Waals surface area contributed by atoms with E-state index < -0.39 is 0 Å². The van der Waals surface area contributed by atoms with Gasteiger partial charge in [-0.25, -0.2) is 0 Å². The summed E-state index contributed by atoms with van der Waals surface area (Å²) in [5, 5.41) is 2.49. The molecular formula is C13H10S. The first kappa shape index (κ1) is 9.18. The van der Waals surface area contributed by atoms with Gasteiger partial charge in [-0.1, -0.05) is 42.2 Å². The Morgan fingerprint density at radius 1 is 1.00 bits per heavy atom. The summed E-state index contributed by atoms with van der Waals surface area (Å²) in [7, 11) is 0. The molecule has 2 aromatic rings. The van der Waals surface area contributed by atoms with Gasteiger partial charge in [-0.05, 0) is 22.9 Å². The van der Waals surface area contributed by atoms with Crippen molar-refractivity contribution in [2.75, 3.05) is 5.75 Å². The lowest BCUT2D eigenvalue weighted by atomic mass is 10.1. The average molecular weight is 198 g/mol. The third-order valence-electron chi connectivity index (χ3n) is 2.06. The summed E-state index contributed by atoms with van der Waals surface area (Å²) >= 11 is 4.05. The molecule has 0 aromatic heterocycles. The summed E-state index contributed by atoms with van der Waals surface area (Å²) in [6.07, 6.45) is 0. The molecule has 0 aliphatic rings. The fourth-order valence-electron chi connectivity index (χ4n) is 1.41. The van der Waals surface area contributed by atoms with Crippen LogP contribution < -0.4 is 0 Å². The molecule has 0 saturated carbocycles. The van der Waals surface area contributed by atoms with Crippen molar-refractivity contribution in [3.05, 3.63) is 48.0 Å². The Kier molecular flexibility index (Phi) is 2.76. The van der Waals surface area contributed by atoms with Crippen molar-refractivity contribution in [3.8, 4) is 11.8 Å². The second-order valence-electron chi connectivity index (χ2n) is 3.02. The van der Waals surface area contributed by atoms with Gasteiger partial charge in [0.25, 0.3) is 0 Å². The van der Waals surface area contributed by atoms with Crippen molar-refractivity contribution in [1.29, 1.82) is 0 Å². The minimum Gasteiger partial charge on any atom is -0.166 e. The van der Waals surface area contributed by atoms with E-state index in [1.165, 1.54) is 10.8 Å². The highest BCUT2D eigenvalue weighted by atomic mass is 32.1. The molecule has 0 aliphatic heterocycles. The maximum atomic E-state index is 4.05. The van der Waals surface area contributed by atoms with Gasteiger partial charge in [0.2, 0.25) is 0 Å². The largest absolute Gasteiger partial charge is 0.166 e. The highest BCUT2D eigenvalue weighted by Gasteiger charge is 1.91. The van der Waals surface area contributed by atoms with E-state index in [1.54, 1.807) is 0 Å². The minimum absolute atomic E-state index is 0.604. The summed E-state index contributed by atoms with van der Waals surface area (Å²) in [5.41, 5.74) is 1.05. The first-order chi connectivity index (χ1) is 6.90. The van der Waals surface area contributed by atoms with Crippen molar-refractivity contribution < 1.29 is 0 Å². The molecule has 14 heavy (non-hydrogen) atoms. The molecule has 0 fully saturated rings. The van der Waals surface area contributed by atoms with Gasteiger partial charge < -0.3 is 0 Å². The van der Waals surface area contributed by atoms with Crippen molar-refractivity contribution in [2.45, 2.75) is 0 Å². The number of rotatable bonds is 0. The molecule has 68 valence electrons. The van der Waals surface area contributed by atoms with Crippen LogP contribution in [0.5, 0.6) is 0 Å². The first-order valence-corrected chi connectivity index (χ1v) is 5.12. The van der Waals surface area contributed by atoms with Gasteiger partial charge in [-0.2, -0.15) is 12.6 Å². The standard InChI is InChI=1S/C13H10S/c14-9-3-4-11-7-8-12-5-1-2-6-13(12)10-11/h1-2,5-8,10,14H,9H2. The minimum atomic E-state index is 0.604. The number of thiol groups is 1. The van der Waals surface area contributed by atoms with Gasteiger partial charge in [0.1, 0.15) is 0 Å². The van der Waals surface area contributed by atoms with E-state index in [-0.39, 0.29) is 0 Å². The summed E-state index contributed by atoms with van der Waals surface area (Å²) in [6, 6.07) is 14.5. The summed E-state index contributed by atoms with van der Waals surface area (Å²) in [5.74, 6) is 6.61. The summed E-state index contributed by atoms with van der Waals surface area (Å²) in [6.45, 7) is 0. The summed E-state index contributed by atoms with van der Waals surface area (Å²) in [4.78, 5) is 0. The SMILES string of the molecule is SCC#Cc1ccc2ccccc2c1. The summed E-state index contributed by atoms with van der Waals surface area (Å²) < 4.78 is 0. The smallest absolute Gasteiger partial charge is 0.0521 e. The van der Waals surface area contributed by atoms with E-state index in [1.807, 2.05) is 18.2 Å². The lowest BCUT2D eigenvalue weighted by Gasteiger charge is -1.96. The molecule has 0 heterocycles. The van der Waals surface area contributed by atoms with Crippen LogP contribution in [0.25, 0.3) is 10.8 Å². The zero-order chi connectivity index (χ0) is 9.80. The van der Waals surface area contributed by atoms with Crippen LogP contribution in [0.4, 0.5) is 0 Å². The van der Waals surface area contributed by atoms with Gasteiger partial charge in [0.05, 0.1) is 5.75 Å². The molecule has 0 saturated heterocycles. The van der Waals surface area contributed by atoms with Crippen LogP contribution in [0.15, 0.2) is 42.5 Å².